The Balaban J connectivity index is 1.27. The molecule has 2 aromatic heterocycles. The van der Waals surface area contributed by atoms with Crippen LogP contribution in [0.5, 0.6) is 0 Å². The predicted molar refractivity (Wildman–Crippen MR) is 141 cm³/mol. The van der Waals surface area contributed by atoms with Crippen LogP contribution in [-0.4, -0.2) is 15.9 Å². The molecule has 3 heterocycles. The number of amides is 1. The molecular weight excluding hydrogens is 498 g/mol. The fraction of sp³-hybridized carbons (Fsp3) is 0.143. The van der Waals surface area contributed by atoms with Crippen molar-refractivity contribution in [2.45, 2.75) is 25.6 Å². The first-order valence-electron chi connectivity index (χ1n) is 11.6. The third-order valence-corrected chi connectivity index (χ3v) is 7.32. The highest BCUT2D eigenvalue weighted by molar-refractivity contribution is 6.35. The Kier molecular flexibility index (Phi) is 5.67. The van der Waals surface area contributed by atoms with Gasteiger partial charge < -0.3 is 15.6 Å². The lowest BCUT2D eigenvalue weighted by atomic mass is 9.96. The summed E-state index contributed by atoms with van der Waals surface area (Å²) in [6.07, 6.45) is 3.47. The number of pyridine rings is 1. The van der Waals surface area contributed by atoms with Gasteiger partial charge >= 0.3 is 0 Å². The number of nitrogens with zero attached hydrogens (tertiary/aromatic N) is 1. The van der Waals surface area contributed by atoms with Gasteiger partial charge in [0.15, 0.2) is 0 Å². The largest absolute Gasteiger partial charge is 0.360 e. The molecule has 1 aliphatic rings. The molecule has 1 aliphatic heterocycles. The Labute approximate surface area is 216 Å². The number of H-pyrrole nitrogens is 1. The number of halogens is 3. The van der Waals surface area contributed by atoms with E-state index in [1.165, 1.54) is 6.07 Å². The van der Waals surface area contributed by atoms with Crippen molar-refractivity contribution >= 4 is 50.9 Å². The smallest absolute Gasteiger partial charge is 0.251 e. The number of carbonyl (C=O) groups excluding carboxylic acids is 1. The van der Waals surface area contributed by atoms with Gasteiger partial charge in [-0.2, -0.15) is 0 Å². The minimum Gasteiger partial charge on any atom is -0.360 e. The summed E-state index contributed by atoms with van der Waals surface area (Å²) in [5, 5.41) is 9.27. The molecule has 6 rings (SSSR count). The number of hydrogen-bond acceptors (Lipinski definition) is 3. The highest BCUT2D eigenvalue weighted by Crippen LogP contribution is 2.33. The predicted octanol–water partition coefficient (Wildman–Crippen LogP) is 6.85. The van der Waals surface area contributed by atoms with Gasteiger partial charge in [0, 0.05) is 51.4 Å². The fourth-order valence-corrected chi connectivity index (χ4v) is 5.27. The van der Waals surface area contributed by atoms with Gasteiger partial charge in [-0.15, -0.1) is 0 Å². The van der Waals surface area contributed by atoms with Crippen LogP contribution in [-0.2, 0) is 6.54 Å². The molecule has 8 heteroatoms. The average molecular weight is 519 g/mol. The van der Waals surface area contributed by atoms with Crippen LogP contribution in [0.4, 0.5) is 4.39 Å². The van der Waals surface area contributed by atoms with E-state index in [2.05, 4.69) is 26.7 Å². The minimum absolute atomic E-state index is 0.100. The first-order chi connectivity index (χ1) is 17.4. The lowest BCUT2D eigenvalue weighted by Crippen LogP contribution is -2.27. The molecule has 0 spiro atoms. The van der Waals surface area contributed by atoms with Gasteiger partial charge in [-0.1, -0.05) is 29.3 Å². The zero-order valence-corrected chi connectivity index (χ0v) is 20.7. The summed E-state index contributed by atoms with van der Waals surface area (Å²) in [4.78, 5) is 20.7. The topological polar surface area (TPSA) is 69.8 Å². The summed E-state index contributed by atoms with van der Waals surface area (Å²) in [5.41, 5.74) is 5.50. The van der Waals surface area contributed by atoms with E-state index in [9.17, 15) is 9.18 Å². The molecule has 0 saturated heterocycles. The van der Waals surface area contributed by atoms with Crippen LogP contribution in [0.3, 0.4) is 0 Å². The standard InChI is InChI=1S/C28H21Cl2FN4O/c1-14(20-9-22-23(30)13-33-26(22)10-24(20)31)35-28(36)15-2-3-16-11-34-27(21(16)8-15)18-6-17-7-19(29)4-5-25(17)32-12-18/h2-10,12-14,27,33-34H,11H2,1H3,(H,35,36). The molecule has 3 aromatic carbocycles. The van der Waals surface area contributed by atoms with Gasteiger partial charge in [0.2, 0.25) is 0 Å². The van der Waals surface area contributed by atoms with Gasteiger partial charge in [0.1, 0.15) is 5.82 Å². The molecule has 0 aliphatic carbocycles. The van der Waals surface area contributed by atoms with Crippen molar-refractivity contribution < 1.29 is 9.18 Å². The van der Waals surface area contributed by atoms with Crippen LogP contribution in [0.25, 0.3) is 21.8 Å². The van der Waals surface area contributed by atoms with Gasteiger partial charge in [-0.3, -0.25) is 9.78 Å². The number of nitrogens with one attached hydrogen (secondary N) is 3. The van der Waals surface area contributed by atoms with E-state index in [4.69, 9.17) is 23.2 Å². The maximum atomic E-state index is 14.8. The summed E-state index contributed by atoms with van der Waals surface area (Å²) in [5.74, 6) is -0.685. The minimum atomic E-state index is -0.551. The van der Waals surface area contributed by atoms with Crippen molar-refractivity contribution in [3.8, 4) is 0 Å². The third-order valence-electron chi connectivity index (χ3n) is 6.78. The third kappa shape index (κ3) is 4.01. The molecule has 36 heavy (non-hydrogen) atoms. The highest BCUT2D eigenvalue weighted by Gasteiger charge is 2.26. The van der Waals surface area contributed by atoms with Crippen LogP contribution < -0.4 is 10.6 Å². The second-order valence-corrected chi connectivity index (χ2v) is 9.93. The zero-order chi connectivity index (χ0) is 25.0. The van der Waals surface area contributed by atoms with Gasteiger partial charge in [0.25, 0.3) is 5.91 Å². The molecular formula is C28H21Cl2FN4O. The maximum absolute atomic E-state index is 14.8. The molecule has 0 radical (unpaired) electrons. The molecule has 0 saturated carbocycles. The first kappa shape index (κ1) is 23.0. The van der Waals surface area contributed by atoms with E-state index in [0.29, 0.717) is 38.6 Å². The number of aromatic amines is 1. The fourth-order valence-electron chi connectivity index (χ4n) is 4.88. The summed E-state index contributed by atoms with van der Waals surface area (Å²) < 4.78 is 14.8. The number of carbonyl (C=O) groups is 1. The Morgan fingerprint density at radius 3 is 2.86 bits per heavy atom. The van der Waals surface area contributed by atoms with Gasteiger partial charge in [0.05, 0.1) is 22.6 Å². The summed E-state index contributed by atoms with van der Waals surface area (Å²) >= 11 is 12.4. The monoisotopic (exact) mass is 518 g/mol. The lowest BCUT2D eigenvalue weighted by molar-refractivity contribution is 0.0939. The summed E-state index contributed by atoms with van der Waals surface area (Å²) in [6, 6.07) is 15.8. The van der Waals surface area contributed by atoms with Crippen LogP contribution in [0.15, 0.2) is 67.0 Å². The molecule has 0 fully saturated rings. The quantitative estimate of drug-likeness (QED) is 0.243. The number of rotatable bonds is 4. The molecule has 2 atom stereocenters. The summed E-state index contributed by atoms with van der Waals surface area (Å²) in [6.45, 7) is 2.45. The second-order valence-electron chi connectivity index (χ2n) is 9.08. The number of benzene rings is 3. The van der Waals surface area contributed by atoms with Crippen LogP contribution in [0.2, 0.25) is 10.0 Å². The van der Waals surface area contributed by atoms with E-state index in [1.54, 1.807) is 25.3 Å². The van der Waals surface area contributed by atoms with Crippen LogP contribution >= 0.6 is 23.2 Å². The van der Waals surface area contributed by atoms with Crippen molar-refractivity contribution in [2.75, 3.05) is 0 Å². The van der Waals surface area contributed by atoms with E-state index in [0.717, 1.165) is 27.6 Å². The van der Waals surface area contributed by atoms with Crippen molar-refractivity contribution in [1.29, 1.82) is 0 Å². The van der Waals surface area contributed by atoms with E-state index < -0.39 is 11.9 Å². The molecule has 2 unspecified atom stereocenters. The highest BCUT2D eigenvalue weighted by atomic mass is 35.5. The SMILES string of the molecule is CC(NC(=O)c1ccc2c(c1)C(c1cnc3ccc(Cl)cc3c1)NC2)c1cc2c(Cl)c[nH]c2cc1F. The Hall–Kier alpha value is -3.45. The van der Waals surface area contributed by atoms with Crippen molar-refractivity contribution in [3.05, 3.63) is 111 Å². The zero-order valence-electron chi connectivity index (χ0n) is 19.2. The van der Waals surface area contributed by atoms with Gasteiger partial charge in [-0.25, -0.2) is 4.39 Å². The molecule has 1 amide bonds. The van der Waals surface area contributed by atoms with Crippen LogP contribution in [0.1, 0.15) is 51.6 Å². The normalized spacial score (nSPS) is 15.8. The molecule has 5 aromatic rings. The second kappa shape index (κ2) is 8.89. The Morgan fingerprint density at radius 1 is 1.14 bits per heavy atom. The Bertz CT molecular complexity index is 1670. The van der Waals surface area contributed by atoms with Gasteiger partial charge in [-0.05, 0) is 72.1 Å². The first-order valence-corrected chi connectivity index (χ1v) is 12.3. The molecule has 0 bridgehead atoms. The average Bonchev–Trinajstić information content (AvgIpc) is 3.45. The maximum Gasteiger partial charge on any atom is 0.251 e. The lowest BCUT2D eigenvalue weighted by Gasteiger charge is -2.17. The number of hydrogen-bond donors (Lipinski definition) is 3. The molecule has 5 nitrogen and oxygen atoms in total. The molecule has 3 N–H and O–H groups in total. The van der Waals surface area contributed by atoms with Crippen molar-refractivity contribution in [2.24, 2.45) is 0 Å². The van der Waals surface area contributed by atoms with Crippen molar-refractivity contribution in [3.63, 3.8) is 0 Å². The molecule has 180 valence electrons. The number of fused-ring (bicyclic) bond motifs is 3. The van der Waals surface area contributed by atoms with E-state index in [1.807, 2.05) is 36.5 Å². The van der Waals surface area contributed by atoms with Crippen LogP contribution in [0, 0.1) is 5.82 Å². The van der Waals surface area contributed by atoms with E-state index >= 15 is 0 Å². The van der Waals surface area contributed by atoms with Crippen molar-refractivity contribution in [1.82, 2.24) is 20.6 Å². The number of aromatic nitrogens is 2. The van der Waals surface area contributed by atoms with E-state index in [-0.39, 0.29) is 11.9 Å². The summed E-state index contributed by atoms with van der Waals surface area (Å²) in [7, 11) is 0. The Morgan fingerprint density at radius 2 is 2.00 bits per heavy atom.